The first-order valence-corrected chi connectivity index (χ1v) is 7.25. The number of nitrogens with zero attached hydrogens (tertiary/aromatic N) is 2. The highest BCUT2D eigenvalue weighted by Gasteiger charge is 2.25. The quantitative estimate of drug-likeness (QED) is 0.681. The summed E-state index contributed by atoms with van der Waals surface area (Å²) in [5.41, 5.74) is 3.62. The second kappa shape index (κ2) is 7.87. The first-order chi connectivity index (χ1) is 11.1. The van der Waals surface area contributed by atoms with Gasteiger partial charge in [0.1, 0.15) is 0 Å². The maximum absolute atomic E-state index is 12.7. The van der Waals surface area contributed by atoms with Crippen LogP contribution in [0.1, 0.15) is 34.1 Å². The molecule has 0 fully saturated rings. The van der Waals surface area contributed by atoms with E-state index in [4.69, 9.17) is 5.26 Å². The van der Waals surface area contributed by atoms with Crippen molar-refractivity contribution in [3.8, 4) is 6.07 Å². The fourth-order valence-corrected chi connectivity index (χ4v) is 2.03. The summed E-state index contributed by atoms with van der Waals surface area (Å²) in [7, 11) is 0. The van der Waals surface area contributed by atoms with Crippen LogP contribution < -0.4 is 5.43 Å². The average molecular weight is 307 g/mol. The Labute approximate surface area is 135 Å². The summed E-state index contributed by atoms with van der Waals surface area (Å²) in [5, 5.41) is 9.76. The number of imide groups is 1. The number of hydrazine groups is 1. The Morgan fingerprint density at radius 2 is 1.43 bits per heavy atom. The lowest BCUT2D eigenvalue weighted by atomic mass is 10.1. The molecular formula is C18H17N3O2. The molecule has 5 heteroatoms. The Morgan fingerprint density at radius 1 is 1.00 bits per heavy atom. The predicted molar refractivity (Wildman–Crippen MR) is 86.2 cm³/mol. The topological polar surface area (TPSA) is 73.2 Å². The molecule has 1 atom stereocenters. The van der Waals surface area contributed by atoms with Gasteiger partial charge in [-0.25, -0.2) is 10.4 Å². The van der Waals surface area contributed by atoms with E-state index in [0.717, 1.165) is 5.01 Å². The number of hydrogen-bond acceptors (Lipinski definition) is 4. The van der Waals surface area contributed by atoms with Gasteiger partial charge in [-0.15, -0.1) is 0 Å². The van der Waals surface area contributed by atoms with Crippen LogP contribution in [-0.4, -0.2) is 22.9 Å². The van der Waals surface area contributed by atoms with Crippen molar-refractivity contribution in [3.05, 3.63) is 71.8 Å². The fraction of sp³-hybridized carbons (Fsp3) is 0.167. The van der Waals surface area contributed by atoms with E-state index in [1.165, 1.54) is 0 Å². The van der Waals surface area contributed by atoms with Crippen LogP contribution in [-0.2, 0) is 0 Å². The van der Waals surface area contributed by atoms with E-state index in [9.17, 15) is 9.59 Å². The van der Waals surface area contributed by atoms with E-state index in [-0.39, 0.29) is 12.5 Å². The van der Waals surface area contributed by atoms with Gasteiger partial charge in [-0.05, 0) is 31.2 Å². The predicted octanol–water partition coefficient (Wildman–Crippen LogP) is 2.78. The van der Waals surface area contributed by atoms with E-state index in [1.807, 2.05) is 6.07 Å². The van der Waals surface area contributed by atoms with Crippen LogP contribution in [0.2, 0.25) is 0 Å². The van der Waals surface area contributed by atoms with Gasteiger partial charge in [0.05, 0.1) is 12.5 Å². The molecule has 0 heterocycles. The molecule has 2 rings (SSSR count). The molecule has 0 aliphatic rings. The maximum Gasteiger partial charge on any atom is 0.275 e. The van der Waals surface area contributed by atoms with Crippen molar-refractivity contribution in [2.45, 2.75) is 19.4 Å². The number of benzene rings is 2. The lowest BCUT2D eigenvalue weighted by molar-refractivity contribution is 0.0499. The number of nitriles is 1. The van der Waals surface area contributed by atoms with Gasteiger partial charge in [0.25, 0.3) is 11.8 Å². The largest absolute Gasteiger partial charge is 0.275 e. The Kier molecular flexibility index (Phi) is 5.61. The summed E-state index contributed by atoms with van der Waals surface area (Å²) < 4.78 is 0. The smallest absolute Gasteiger partial charge is 0.267 e. The Morgan fingerprint density at radius 3 is 1.83 bits per heavy atom. The zero-order chi connectivity index (χ0) is 16.7. The summed E-state index contributed by atoms with van der Waals surface area (Å²) in [6, 6.07) is 18.8. The van der Waals surface area contributed by atoms with Gasteiger partial charge >= 0.3 is 0 Å². The van der Waals surface area contributed by atoms with Gasteiger partial charge < -0.3 is 0 Å². The molecular weight excluding hydrogens is 290 g/mol. The lowest BCUT2D eigenvalue weighted by Crippen LogP contribution is -2.50. The van der Waals surface area contributed by atoms with Crippen molar-refractivity contribution in [1.82, 2.24) is 10.4 Å². The standard InChI is InChI=1S/C18H17N3O2/c1-14(12-13-19)20-21(17(22)15-8-4-2-5-9-15)18(23)16-10-6-3-7-11-16/h2-11,14,20H,12H2,1H3. The molecule has 2 aromatic rings. The van der Waals surface area contributed by atoms with Crippen LogP contribution in [0.25, 0.3) is 0 Å². The molecule has 23 heavy (non-hydrogen) atoms. The van der Waals surface area contributed by atoms with E-state index >= 15 is 0 Å². The first-order valence-electron chi connectivity index (χ1n) is 7.25. The minimum atomic E-state index is -0.454. The zero-order valence-corrected chi connectivity index (χ0v) is 12.8. The molecule has 1 N–H and O–H groups in total. The zero-order valence-electron chi connectivity index (χ0n) is 12.8. The van der Waals surface area contributed by atoms with Crippen molar-refractivity contribution >= 4 is 11.8 Å². The van der Waals surface area contributed by atoms with Gasteiger partial charge in [-0.1, -0.05) is 36.4 Å². The first kappa shape index (κ1) is 16.4. The minimum Gasteiger partial charge on any atom is -0.267 e. The normalized spacial score (nSPS) is 11.3. The summed E-state index contributed by atoms with van der Waals surface area (Å²) in [5.74, 6) is -0.909. The molecule has 2 aromatic carbocycles. The Balaban J connectivity index is 2.30. The van der Waals surface area contributed by atoms with Crippen molar-refractivity contribution in [2.24, 2.45) is 0 Å². The van der Waals surface area contributed by atoms with Crippen LogP contribution in [0.5, 0.6) is 0 Å². The Hall–Kier alpha value is -2.97. The number of rotatable bonds is 5. The Bertz CT molecular complexity index is 657. The lowest BCUT2D eigenvalue weighted by Gasteiger charge is -2.24. The molecule has 0 bridgehead atoms. The van der Waals surface area contributed by atoms with Gasteiger partial charge in [0.2, 0.25) is 0 Å². The molecule has 0 saturated heterocycles. The van der Waals surface area contributed by atoms with Crippen LogP contribution in [0.15, 0.2) is 60.7 Å². The van der Waals surface area contributed by atoms with Crippen LogP contribution in [0.3, 0.4) is 0 Å². The SMILES string of the molecule is CC(CC#N)NN(C(=O)c1ccccc1)C(=O)c1ccccc1. The molecule has 2 amide bonds. The highest BCUT2D eigenvalue weighted by Crippen LogP contribution is 2.09. The van der Waals surface area contributed by atoms with Crippen molar-refractivity contribution in [1.29, 1.82) is 5.26 Å². The van der Waals surface area contributed by atoms with E-state index < -0.39 is 11.8 Å². The number of nitrogens with one attached hydrogen (secondary N) is 1. The number of carbonyl (C=O) groups excluding carboxylic acids is 2. The number of carbonyl (C=O) groups is 2. The van der Waals surface area contributed by atoms with Crippen molar-refractivity contribution in [2.75, 3.05) is 0 Å². The highest BCUT2D eigenvalue weighted by atomic mass is 16.2. The van der Waals surface area contributed by atoms with E-state index in [1.54, 1.807) is 67.6 Å². The van der Waals surface area contributed by atoms with E-state index in [2.05, 4.69) is 5.43 Å². The maximum atomic E-state index is 12.7. The third kappa shape index (κ3) is 4.25. The van der Waals surface area contributed by atoms with Gasteiger partial charge in [0, 0.05) is 17.2 Å². The molecule has 116 valence electrons. The highest BCUT2D eigenvalue weighted by molar-refractivity contribution is 6.09. The molecule has 5 nitrogen and oxygen atoms in total. The average Bonchev–Trinajstić information content (AvgIpc) is 2.60. The van der Waals surface area contributed by atoms with Gasteiger partial charge in [-0.2, -0.15) is 5.26 Å². The number of hydrogen-bond donors (Lipinski definition) is 1. The summed E-state index contributed by atoms with van der Waals surface area (Å²) in [4.78, 5) is 25.3. The van der Waals surface area contributed by atoms with Crippen LogP contribution >= 0.6 is 0 Å². The van der Waals surface area contributed by atoms with Crippen LogP contribution in [0, 0.1) is 11.3 Å². The van der Waals surface area contributed by atoms with Crippen molar-refractivity contribution < 1.29 is 9.59 Å². The van der Waals surface area contributed by atoms with Crippen molar-refractivity contribution in [3.63, 3.8) is 0 Å². The van der Waals surface area contributed by atoms with Gasteiger partial charge in [-0.3, -0.25) is 9.59 Å². The molecule has 0 radical (unpaired) electrons. The molecule has 0 aliphatic heterocycles. The summed E-state index contributed by atoms with van der Waals surface area (Å²) in [6.07, 6.45) is 0.181. The fourth-order valence-electron chi connectivity index (χ4n) is 2.03. The van der Waals surface area contributed by atoms with Gasteiger partial charge in [0.15, 0.2) is 0 Å². The van der Waals surface area contributed by atoms with Crippen LogP contribution in [0.4, 0.5) is 0 Å². The second-order valence-corrected chi connectivity index (χ2v) is 5.07. The molecule has 0 aliphatic carbocycles. The third-order valence-corrected chi connectivity index (χ3v) is 3.19. The third-order valence-electron chi connectivity index (χ3n) is 3.19. The number of amides is 2. The summed E-state index contributed by atoms with van der Waals surface area (Å²) in [6.45, 7) is 1.74. The monoisotopic (exact) mass is 307 g/mol. The molecule has 0 saturated carbocycles. The molecule has 0 aromatic heterocycles. The molecule has 0 spiro atoms. The summed E-state index contributed by atoms with van der Waals surface area (Å²) >= 11 is 0. The van der Waals surface area contributed by atoms with E-state index in [0.29, 0.717) is 11.1 Å². The minimum absolute atomic E-state index is 0.181. The second-order valence-electron chi connectivity index (χ2n) is 5.07. The molecule has 1 unspecified atom stereocenters.